The van der Waals surface area contributed by atoms with E-state index in [4.69, 9.17) is 9.26 Å². The average molecular weight is 356 g/mol. The predicted molar refractivity (Wildman–Crippen MR) is 91.5 cm³/mol. The molecule has 3 aromatic rings. The lowest BCUT2D eigenvalue weighted by Crippen LogP contribution is -2.23. The van der Waals surface area contributed by atoms with Crippen LogP contribution >= 0.6 is 0 Å². The zero-order valence-electron chi connectivity index (χ0n) is 13.5. The number of aromatic nitrogens is 1. The highest BCUT2D eigenvalue weighted by atomic mass is 32.2. The molecule has 0 amide bonds. The molecule has 25 heavy (non-hydrogen) atoms. The van der Waals surface area contributed by atoms with Gasteiger partial charge in [-0.3, -0.25) is 0 Å². The first-order valence-electron chi connectivity index (χ1n) is 7.79. The standard InChI is InChI=1S/C18H16N2O4S/c1-12-2-4-13(5-3-12)9-20-25(21,22)15-6-7-17-16(8-15)18-14(11-23-17)10-19-24-18/h2-8,10,20H,9,11H2,1H3. The summed E-state index contributed by atoms with van der Waals surface area (Å²) in [5.41, 5.74) is 3.42. The van der Waals surface area contributed by atoms with Gasteiger partial charge in [0.05, 0.1) is 22.2 Å². The molecule has 0 spiro atoms. The smallest absolute Gasteiger partial charge is 0.240 e. The van der Waals surface area contributed by atoms with Crippen molar-refractivity contribution in [1.82, 2.24) is 9.88 Å². The van der Waals surface area contributed by atoms with Crippen molar-refractivity contribution in [2.75, 3.05) is 0 Å². The average Bonchev–Trinajstić information content (AvgIpc) is 3.10. The van der Waals surface area contributed by atoms with Crippen molar-refractivity contribution < 1.29 is 17.7 Å². The number of nitrogens with one attached hydrogen (secondary N) is 1. The number of hydrogen-bond acceptors (Lipinski definition) is 5. The van der Waals surface area contributed by atoms with Gasteiger partial charge in [-0.15, -0.1) is 0 Å². The maximum absolute atomic E-state index is 12.6. The van der Waals surface area contributed by atoms with Crippen LogP contribution in [0.3, 0.4) is 0 Å². The van der Waals surface area contributed by atoms with Crippen molar-refractivity contribution in [1.29, 1.82) is 0 Å². The van der Waals surface area contributed by atoms with Crippen molar-refractivity contribution in [3.8, 4) is 17.1 Å². The molecule has 1 aromatic heterocycles. The molecule has 0 unspecified atom stereocenters. The van der Waals surface area contributed by atoms with Crippen LogP contribution in [0.1, 0.15) is 16.7 Å². The van der Waals surface area contributed by atoms with Crippen LogP contribution in [0.4, 0.5) is 0 Å². The highest BCUT2D eigenvalue weighted by molar-refractivity contribution is 7.89. The van der Waals surface area contributed by atoms with Crippen LogP contribution < -0.4 is 9.46 Å². The highest BCUT2D eigenvalue weighted by Crippen LogP contribution is 2.38. The summed E-state index contributed by atoms with van der Waals surface area (Å²) in [4.78, 5) is 0.159. The molecule has 1 N–H and O–H groups in total. The maximum atomic E-state index is 12.6. The summed E-state index contributed by atoms with van der Waals surface area (Å²) in [5, 5.41) is 3.76. The molecule has 0 atom stereocenters. The summed E-state index contributed by atoms with van der Waals surface area (Å²) in [5.74, 6) is 1.14. The Morgan fingerprint density at radius 1 is 1.16 bits per heavy atom. The van der Waals surface area contributed by atoms with Gasteiger partial charge in [0.2, 0.25) is 10.0 Å². The number of rotatable bonds is 4. The summed E-state index contributed by atoms with van der Waals surface area (Å²) in [6.07, 6.45) is 1.58. The molecule has 7 heteroatoms. The van der Waals surface area contributed by atoms with E-state index in [1.807, 2.05) is 31.2 Å². The largest absolute Gasteiger partial charge is 0.488 e. The summed E-state index contributed by atoms with van der Waals surface area (Å²) < 4.78 is 38.7. The second kappa shape index (κ2) is 6.02. The zero-order chi connectivity index (χ0) is 17.4. The van der Waals surface area contributed by atoms with Crippen molar-refractivity contribution >= 4 is 10.0 Å². The van der Waals surface area contributed by atoms with E-state index in [-0.39, 0.29) is 11.4 Å². The quantitative estimate of drug-likeness (QED) is 0.777. The number of aryl methyl sites for hydroxylation is 1. The summed E-state index contributed by atoms with van der Waals surface area (Å²) in [6, 6.07) is 12.4. The Morgan fingerprint density at radius 3 is 2.76 bits per heavy atom. The van der Waals surface area contributed by atoms with Crippen LogP contribution in [-0.4, -0.2) is 13.6 Å². The van der Waals surface area contributed by atoms with Gasteiger partial charge in [-0.2, -0.15) is 0 Å². The number of fused-ring (bicyclic) bond motifs is 3. The summed E-state index contributed by atoms with van der Waals surface area (Å²) in [7, 11) is -3.66. The van der Waals surface area contributed by atoms with E-state index in [0.29, 0.717) is 23.7 Å². The molecule has 0 saturated heterocycles. The van der Waals surface area contributed by atoms with Crippen molar-refractivity contribution in [2.24, 2.45) is 0 Å². The van der Waals surface area contributed by atoms with E-state index in [1.165, 1.54) is 6.07 Å². The Balaban J connectivity index is 1.61. The number of nitrogens with zero attached hydrogens (tertiary/aromatic N) is 1. The monoisotopic (exact) mass is 356 g/mol. The maximum Gasteiger partial charge on any atom is 0.240 e. The molecule has 0 saturated carbocycles. The fraction of sp³-hybridized carbons (Fsp3) is 0.167. The Labute approximate surface area is 145 Å². The lowest BCUT2D eigenvalue weighted by Gasteiger charge is -2.16. The molecule has 1 aliphatic rings. The fourth-order valence-electron chi connectivity index (χ4n) is 2.69. The van der Waals surface area contributed by atoms with Crippen LogP contribution in [0, 0.1) is 6.92 Å². The minimum absolute atomic E-state index is 0.159. The van der Waals surface area contributed by atoms with Gasteiger partial charge in [0.1, 0.15) is 12.4 Å². The van der Waals surface area contributed by atoms with Crippen LogP contribution in [0.15, 0.2) is 58.1 Å². The highest BCUT2D eigenvalue weighted by Gasteiger charge is 2.24. The Hall–Kier alpha value is -2.64. The first-order valence-corrected chi connectivity index (χ1v) is 9.27. The van der Waals surface area contributed by atoms with E-state index >= 15 is 0 Å². The van der Waals surface area contributed by atoms with Crippen molar-refractivity contribution in [2.45, 2.75) is 25.0 Å². The normalized spacial score (nSPS) is 13.0. The molecule has 0 radical (unpaired) electrons. The molecule has 0 aliphatic carbocycles. The topological polar surface area (TPSA) is 81.4 Å². The molecule has 2 heterocycles. The third-order valence-electron chi connectivity index (χ3n) is 4.12. The van der Waals surface area contributed by atoms with Crippen LogP contribution in [0.2, 0.25) is 0 Å². The number of hydrogen-bond donors (Lipinski definition) is 1. The lowest BCUT2D eigenvalue weighted by atomic mass is 10.1. The fourth-order valence-corrected chi connectivity index (χ4v) is 3.73. The van der Waals surface area contributed by atoms with E-state index in [9.17, 15) is 8.42 Å². The molecular weight excluding hydrogens is 340 g/mol. The van der Waals surface area contributed by atoms with Crippen LogP contribution in [-0.2, 0) is 23.2 Å². The van der Waals surface area contributed by atoms with E-state index < -0.39 is 10.0 Å². The van der Waals surface area contributed by atoms with E-state index in [1.54, 1.807) is 18.3 Å². The second-order valence-electron chi connectivity index (χ2n) is 5.94. The first kappa shape index (κ1) is 15.9. The molecule has 0 bridgehead atoms. The van der Waals surface area contributed by atoms with E-state index in [0.717, 1.165) is 16.7 Å². The first-order chi connectivity index (χ1) is 12.0. The Bertz CT molecular complexity index is 1020. The minimum atomic E-state index is -3.66. The summed E-state index contributed by atoms with van der Waals surface area (Å²) >= 11 is 0. The van der Waals surface area contributed by atoms with Crippen molar-refractivity contribution in [3.05, 3.63) is 65.4 Å². The molecule has 4 rings (SSSR count). The third-order valence-corrected chi connectivity index (χ3v) is 5.52. The Morgan fingerprint density at radius 2 is 1.96 bits per heavy atom. The molecule has 128 valence electrons. The zero-order valence-corrected chi connectivity index (χ0v) is 14.3. The van der Waals surface area contributed by atoms with Gasteiger partial charge >= 0.3 is 0 Å². The van der Waals surface area contributed by atoms with Gasteiger partial charge in [-0.1, -0.05) is 35.0 Å². The second-order valence-corrected chi connectivity index (χ2v) is 7.70. The minimum Gasteiger partial charge on any atom is -0.488 e. The van der Waals surface area contributed by atoms with Gasteiger partial charge in [-0.25, -0.2) is 13.1 Å². The number of ether oxygens (including phenoxy) is 1. The Kier molecular flexibility index (Phi) is 3.82. The number of sulfonamides is 1. The summed E-state index contributed by atoms with van der Waals surface area (Å²) in [6.45, 7) is 2.58. The van der Waals surface area contributed by atoms with Gasteiger partial charge in [0.15, 0.2) is 5.76 Å². The van der Waals surface area contributed by atoms with Gasteiger partial charge < -0.3 is 9.26 Å². The third kappa shape index (κ3) is 3.04. The SMILES string of the molecule is Cc1ccc(CNS(=O)(=O)c2ccc3c(c2)-c2oncc2CO3)cc1. The molecule has 1 aliphatic heterocycles. The van der Waals surface area contributed by atoms with E-state index in [2.05, 4.69) is 9.88 Å². The molecule has 6 nitrogen and oxygen atoms in total. The van der Waals surface area contributed by atoms with Gasteiger partial charge in [0.25, 0.3) is 0 Å². The number of benzene rings is 2. The molecular formula is C18H16N2O4S. The van der Waals surface area contributed by atoms with Crippen LogP contribution in [0.25, 0.3) is 11.3 Å². The van der Waals surface area contributed by atoms with Crippen molar-refractivity contribution in [3.63, 3.8) is 0 Å². The molecule has 0 fully saturated rings. The van der Waals surface area contributed by atoms with Gasteiger partial charge in [0, 0.05) is 6.54 Å². The van der Waals surface area contributed by atoms with Gasteiger partial charge in [-0.05, 0) is 30.7 Å². The lowest BCUT2D eigenvalue weighted by molar-refractivity contribution is 0.297. The predicted octanol–water partition coefficient (Wildman–Crippen LogP) is 3.02. The molecule has 2 aromatic carbocycles. The van der Waals surface area contributed by atoms with Crippen LogP contribution in [0.5, 0.6) is 5.75 Å².